The highest BCUT2D eigenvalue weighted by Gasteiger charge is 2.18. The first-order valence-corrected chi connectivity index (χ1v) is 8.13. The largest absolute Gasteiger partial charge is 0.384 e. The Labute approximate surface area is 124 Å². The first kappa shape index (κ1) is 15.3. The number of nitrogens with one attached hydrogen (secondary N) is 1. The number of hydrogen-bond acceptors (Lipinski definition) is 4. The van der Waals surface area contributed by atoms with Crippen molar-refractivity contribution in [1.29, 1.82) is 0 Å². The summed E-state index contributed by atoms with van der Waals surface area (Å²) in [4.78, 5) is 3.85. The number of thiophene rings is 1. The minimum absolute atomic E-state index is 0.717. The molecule has 0 aromatic carbocycles. The van der Waals surface area contributed by atoms with Crippen molar-refractivity contribution < 1.29 is 4.74 Å². The molecule has 1 N–H and O–H groups in total. The molecule has 0 aliphatic carbocycles. The minimum Gasteiger partial charge on any atom is -0.384 e. The molecule has 0 amide bonds. The van der Waals surface area contributed by atoms with Crippen LogP contribution < -0.4 is 5.32 Å². The lowest BCUT2D eigenvalue weighted by Crippen LogP contribution is -2.40. The van der Waals surface area contributed by atoms with E-state index in [1.165, 1.54) is 30.8 Å². The van der Waals surface area contributed by atoms with Crippen LogP contribution in [-0.2, 0) is 11.3 Å². The molecule has 2 rings (SSSR count). The first-order chi connectivity index (χ1) is 9.28. The van der Waals surface area contributed by atoms with E-state index in [0.29, 0.717) is 0 Å². The van der Waals surface area contributed by atoms with Crippen LogP contribution in [0, 0.1) is 5.92 Å². The van der Waals surface area contributed by atoms with Crippen molar-refractivity contribution in [3.05, 3.63) is 21.3 Å². The standard InChI is InChI=1S/C14H23ClN2OS/c1-18-11-12-3-2-7-17(10-12)8-6-16-9-13-4-5-14(15)19-13/h4-5,12,16H,2-3,6-11H2,1H3. The SMILES string of the molecule is COCC1CCCN(CCNCc2ccc(Cl)s2)C1. The predicted molar refractivity (Wildman–Crippen MR) is 82.1 cm³/mol. The van der Waals surface area contributed by atoms with Crippen molar-refractivity contribution in [3.8, 4) is 0 Å². The topological polar surface area (TPSA) is 24.5 Å². The number of rotatable bonds is 7. The average Bonchev–Trinajstić information content (AvgIpc) is 2.82. The van der Waals surface area contributed by atoms with Gasteiger partial charge >= 0.3 is 0 Å². The number of nitrogens with zero attached hydrogens (tertiary/aromatic N) is 1. The van der Waals surface area contributed by atoms with Crippen LogP contribution in [0.5, 0.6) is 0 Å². The highest BCUT2D eigenvalue weighted by molar-refractivity contribution is 7.16. The number of methoxy groups -OCH3 is 1. The lowest BCUT2D eigenvalue weighted by molar-refractivity contribution is 0.0911. The molecule has 0 saturated carbocycles. The number of ether oxygens (including phenoxy) is 1. The molecule has 1 fully saturated rings. The molecule has 19 heavy (non-hydrogen) atoms. The second-order valence-electron chi connectivity index (χ2n) is 5.15. The van der Waals surface area contributed by atoms with Gasteiger partial charge in [0.1, 0.15) is 0 Å². The van der Waals surface area contributed by atoms with Crippen LogP contribution in [0.25, 0.3) is 0 Å². The van der Waals surface area contributed by atoms with Crippen molar-refractivity contribution in [2.45, 2.75) is 19.4 Å². The van der Waals surface area contributed by atoms with E-state index in [1.54, 1.807) is 18.4 Å². The highest BCUT2D eigenvalue weighted by atomic mass is 35.5. The van der Waals surface area contributed by atoms with E-state index in [-0.39, 0.29) is 0 Å². The lowest BCUT2D eigenvalue weighted by atomic mass is 9.99. The zero-order chi connectivity index (χ0) is 13.5. The molecule has 1 aromatic heterocycles. The van der Waals surface area contributed by atoms with Gasteiger partial charge < -0.3 is 15.0 Å². The summed E-state index contributed by atoms with van der Waals surface area (Å²) in [5, 5.41) is 3.49. The van der Waals surface area contributed by atoms with Crippen molar-refractivity contribution in [2.24, 2.45) is 5.92 Å². The molecule has 0 spiro atoms. The van der Waals surface area contributed by atoms with Gasteiger partial charge in [0, 0.05) is 38.2 Å². The van der Waals surface area contributed by atoms with Crippen LogP contribution in [-0.4, -0.2) is 44.8 Å². The second kappa shape index (κ2) is 8.22. The third-order valence-electron chi connectivity index (χ3n) is 3.54. The minimum atomic E-state index is 0.717. The summed E-state index contributed by atoms with van der Waals surface area (Å²) in [6.45, 7) is 6.39. The van der Waals surface area contributed by atoms with E-state index in [0.717, 1.165) is 36.5 Å². The second-order valence-corrected chi connectivity index (χ2v) is 6.95. The summed E-state index contributed by atoms with van der Waals surface area (Å²) in [6.07, 6.45) is 2.61. The first-order valence-electron chi connectivity index (χ1n) is 6.94. The van der Waals surface area contributed by atoms with Gasteiger partial charge in [0.2, 0.25) is 0 Å². The summed E-state index contributed by atoms with van der Waals surface area (Å²) < 4.78 is 6.13. The molecular formula is C14H23ClN2OS. The number of piperidine rings is 1. The fourth-order valence-electron chi connectivity index (χ4n) is 2.62. The van der Waals surface area contributed by atoms with E-state index in [2.05, 4.69) is 16.3 Å². The van der Waals surface area contributed by atoms with Gasteiger partial charge in [-0.25, -0.2) is 0 Å². The molecule has 1 aromatic rings. The van der Waals surface area contributed by atoms with Gasteiger partial charge in [0.15, 0.2) is 0 Å². The van der Waals surface area contributed by atoms with E-state index in [1.807, 2.05) is 6.07 Å². The molecule has 108 valence electrons. The Balaban J connectivity index is 1.60. The molecular weight excluding hydrogens is 280 g/mol. The lowest BCUT2D eigenvalue weighted by Gasteiger charge is -2.32. The predicted octanol–water partition coefficient (Wildman–Crippen LogP) is 2.85. The summed E-state index contributed by atoms with van der Waals surface area (Å²) in [5.74, 6) is 0.717. The van der Waals surface area contributed by atoms with Gasteiger partial charge in [-0.15, -0.1) is 11.3 Å². The Morgan fingerprint density at radius 3 is 3.16 bits per heavy atom. The number of hydrogen-bond donors (Lipinski definition) is 1. The monoisotopic (exact) mass is 302 g/mol. The molecule has 0 radical (unpaired) electrons. The Morgan fingerprint density at radius 1 is 1.53 bits per heavy atom. The van der Waals surface area contributed by atoms with Gasteiger partial charge in [-0.1, -0.05) is 11.6 Å². The van der Waals surface area contributed by atoms with Crippen molar-refractivity contribution in [3.63, 3.8) is 0 Å². The van der Waals surface area contributed by atoms with Gasteiger partial charge in [-0.05, 0) is 37.4 Å². The van der Waals surface area contributed by atoms with Crippen molar-refractivity contribution >= 4 is 22.9 Å². The molecule has 0 bridgehead atoms. The fourth-order valence-corrected chi connectivity index (χ4v) is 3.68. The smallest absolute Gasteiger partial charge is 0.0931 e. The van der Waals surface area contributed by atoms with E-state index in [9.17, 15) is 0 Å². The van der Waals surface area contributed by atoms with Gasteiger partial charge in [0.05, 0.1) is 10.9 Å². The number of likely N-dealkylation sites (tertiary alicyclic amines) is 1. The fraction of sp³-hybridized carbons (Fsp3) is 0.714. The van der Waals surface area contributed by atoms with Crippen LogP contribution in [0.1, 0.15) is 17.7 Å². The normalized spacial score (nSPS) is 20.8. The van der Waals surface area contributed by atoms with Crippen LogP contribution in [0.3, 0.4) is 0 Å². The molecule has 3 nitrogen and oxygen atoms in total. The average molecular weight is 303 g/mol. The maximum absolute atomic E-state index is 5.91. The van der Waals surface area contributed by atoms with Gasteiger partial charge in [-0.3, -0.25) is 0 Å². The number of halogens is 1. The van der Waals surface area contributed by atoms with Gasteiger partial charge in [0.25, 0.3) is 0 Å². The molecule has 1 saturated heterocycles. The van der Waals surface area contributed by atoms with E-state index in [4.69, 9.17) is 16.3 Å². The quantitative estimate of drug-likeness (QED) is 0.784. The Kier molecular flexibility index (Phi) is 6.61. The summed E-state index contributed by atoms with van der Waals surface area (Å²) in [7, 11) is 1.80. The van der Waals surface area contributed by atoms with Crippen molar-refractivity contribution in [2.75, 3.05) is 39.9 Å². The highest BCUT2D eigenvalue weighted by Crippen LogP contribution is 2.21. The third kappa shape index (κ3) is 5.40. The van der Waals surface area contributed by atoms with Crippen LogP contribution >= 0.6 is 22.9 Å². The van der Waals surface area contributed by atoms with Crippen LogP contribution in [0.2, 0.25) is 4.34 Å². The maximum atomic E-state index is 5.91. The Bertz CT molecular complexity index is 370. The Morgan fingerprint density at radius 2 is 2.42 bits per heavy atom. The summed E-state index contributed by atoms with van der Waals surface area (Å²) >= 11 is 7.56. The zero-order valence-corrected chi connectivity index (χ0v) is 13.1. The van der Waals surface area contributed by atoms with Crippen molar-refractivity contribution in [1.82, 2.24) is 10.2 Å². The molecule has 1 aliphatic heterocycles. The molecule has 1 aliphatic rings. The molecule has 5 heteroatoms. The maximum Gasteiger partial charge on any atom is 0.0931 e. The molecule has 1 atom stereocenters. The summed E-state index contributed by atoms with van der Waals surface area (Å²) in [6, 6.07) is 4.05. The van der Waals surface area contributed by atoms with Gasteiger partial charge in [-0.2, -0.15) is 0 Å². The Hall–Kier alpha value is -0.130. The summed E-state index contributed by atoms with van der Waals surface area (Å²) in [5.41, 5.74) is 0. The van der Waals surface area contributed by atoms with E-state index >= 15 is 0 Å². The van der Waals surface area contributed by atoms with Crippen LogP contribution in [0.15, 0.2) is 12.1 Å². The van der Waals surface area contributed by atoms with E-state index < -0.39 is 0 Å². The molecule has 1 unspecified atom stereocenters. The zero-order valence-electron chi connectivity index (χ0n) is 11.5. The molecule has 2 heterocycles. The third-order valence-corrected chi connectivity index (χ3v) is 4.77. The van der Waals surface area contributed by atoms with Crippen LogP contribution in [0.4, 0.5) is 0 Å².